The summed E-state index contributed by atoms with van der Waals surface area (Å²) in [7, 11) is -2.94. The molecule has 1 saturated heterocycles. The number of nitrogens with two attached hydrogens (primary N) is 1. The molecule has 0 saturated carbocycles. The van der Waals surface area contributed by atoms with Crippen molar-refractivity contribution in [2.24, 2.45) is 5.73 Å². The van der Waals surface area contributed by atoms with Crippen LogP contribution in [0.15, 0.2) is 24.3 Å². The molecule has 4 nitrogen and oxygen atoms in total. The van der Waals surface area contributed by atoms with E-state index in [1.165, 1.54) is 0 Å². The molecule has 2 rings (SSSR count). The average Bonchev–Trinajstić information content (AvgIpc) is 2.58. The first kappa shape index (κ1) is 12.3. The molecule has 0 aliphatic carbocycles. The Hall–Kier alpha value is -1.14. The van der Waals surface area contributed by atoms with Gasteiger partial charge in [0.15, 0.2) is 9.84 Å². The Labute approximate surface area is 106 Å². The van der Waals surface area contributed by atoms with Crippen LogP contribution in [0, 0.1) is 0 Å². The predicted octanol–water partition coefficient (Wildman–Crippen LogP) is 0.887. The minimum atomic E-state index is -2.94. The highest BCUT2D eigenvalue weighted by Gasteiger charge is 2.29. The van der Waals surface area contributed by atoms with E-state index in [1.54, 1.807) is 18.2 Å². The van der Waals surface area contributed by atoms with Crippen molar-refractivity contribution in [3.63, 3.8) is 0 Å². The molecule has 1 aromatic rings. The Morgan fingerprint density at radius 1 is 1.41 bits per heavy atom. The Bertz CT molecular complexity index is 539. The van der Waals surface area contributed by atoms with Crippen LogP contribution in [-0.4, -0.2) is 31.0 Å². The second-order valence-electron chi connectivity index (χ2n) is 4.00. The first-order chi connectivity index (χ1) is 7.98. The van der Waals surface area contributed by atoms with Gasteiger partial charge in [0.1, 0.15) is 16.8 Å². The largest absolute Gasteiger partial charge is 0.489 e. The van der Waals surface area contributed by atoms with Gasteiger partial charge < -0.3 is 10.5 Å². The lowest BCUT2D eigenvalue weighted by Gasteiger charge is -2.14. The van der Waals surface area contributed by atoms with Gasteiger partial charge in [0.2, 0.25) is 0 Å². The van der Waals surface area contributed by atoms with Crippen LogP contribution in [0.2, 0.25) is 0 Å². The van der Waals surface area contributed by atoms with Gasteiger partial charge >= 0.3 is 0 Å². The first-order valence-corrected chi connectivity index (χ1v) is 7.47. The highest BCUT2D eigenvalue weighted by Crippen LogP contribution is 2.23. The Morgan fingerprint density at radius 3 is 2.71 bits per heavy atom. The van der Waals surface area contributed by atoms with Crippen molar-refractivity contribution in [3.05, 3.63) is 29.8 Å². The zero-order chi connectivity index (χ0) is 12.5. The van der Waals surface area contributed by atoms with Crippen molar-refractivity contribution < 1.29 is 13.2 Å². The quantitative estimate of drug-likeness (QED) is 0.827. The summed E-state index contributed by atoms with van der Waals surface area (Å²) in [4.78, 5) is 0.251. The van der Waals surface area contributed by atoms with Gasteiger partial charge in [0.25, 0.3) is 0 Å². The van der Waals surface area contributed by atoms with Gasteiger partial charge in [-0.2, -0.15) is 0 Å². The molecule has 6 heteroatoms. The molecule has 92 valence electrons. The van der Waals surface area contributed by atoms with Crippen molar-refractivity contribution >= 4 is 27.0 Å². The maximum absolute atomic E-state index is 11.3. The standard InChI is InChI=1S/C11H13NO3S2/c12-11(16)9-3-1-2-4-10(9)15-8-5-6-17(13,14)7-8/h1-4,8H,5-7H2,(H2,12,16). The molecule has 1 aromatic carbocycles. The summed E-state index contributed by atoms with van der Waals surface area (Å²) in [5, 5.41) is 0. The molecule has 0 bridgehead atoms. The van der Waals surface area contributed by atoms with Crippen molar-refractivity contribution in [1.82, 2.24) is 0 Å². The number of rotatable bonds is 3. The van der Waals surface area contributed by atoms with E-state index in [4.69, 9.17) is 22.7 Å². The third-order valence-corrected chi connectivity index (χ3v) is 4.59. The monoisotopic (exact) mass is 271 g/mol. The van der Waals surface area contributed by atoms with E-state index in [0.717, 1.165) is 0 Å². The van der Waals surface area contributed by atoms with Crippen LogP contribution in [0.1, 0.15) is 12.0 Å². The lowest BCUT2D eigenvalue weighted by atomic mass is 10.2. The van der Waals surface area contributed by atoms with E-state index in [1.807, 2.05) is 6.07 Å². The zero-order valence-electron chi connectivity index (χ0n) is 9.13. The van der Waals surface area contributed by atoms with Crippen LogP contribution in [0.4, 0.5) is 0 Å². The van der Waals surface area contributed by atoms with Gasteiger partial charge in [0, 0.05) is 0 Å². The maximum atomic E-state index is 11.3. The summed E-state index contributed by atoms with van der Waals surface area (Å²) in [5.74, 6) is 0.813. The Balaban J connectivity index is 2.17. The van der Waals surface area contributed by atoms with Crippen LogP contribution in [-0.2, 0) is 9.84 Å². The second kappa shape index (κ2) is 4.62. The highest BCUT2D eigenvalue weighted by atomic mass is 32.2. The summed E-state index contributed by atoms with van der Waals surface area (Å²) in [6.45, 7) is 0. The third-order valence-electron chi connectivity index (χ3n) is 2.64. The highest BCUT2D eigenvalue weighted by molar-refractivity contribution is 7.91. The number of sulfone groups is 1. The summed E-state index contributed by atoms with van der Waals surface area (Å²) in [5.41, 5.74) is 6.22. The number of hydrogen-bond donors (Lipinski definition) is 1. The van der Waals surface area contributed by atoms with Crippen molar-refractivity contribution in [3.8, 4) is 5.75 Å². The van der Waals surface area contributed by atoms with Gasteiger partial charge in [-0.3, -0.25) is 0 Å². The van der Waals surface area contributed by atoms with Crippen LogP contribution >= 0.6 is 12.2 Å². The SMILES string of the molecule is NC(=S)c1ccccc1OC1CCS(=O)(=O)C1. The first-order valence-electron chi connectivity index (χ1n) is 5.24. The third kappa shape index (κ3) is 2.95. The lowest BCUT2D eigenvalue weighted by molar-refractivity contribution is 0.228. The number of hydrogen-bond acceptors (Lipinski definition) is 4. The Morgan fingerprint density at radius 2 is 2.12 bits per heavy atom. The van der Waals surface area contributed by atoms with Crippen LogP contribution < -0.4 is 10.5 Å². The van der Waals surface area contributed by atoms with Crippen LogP contribution in [0.25, 0.3) is 0 Å². The molecule has 1 aliphatic heterocycles. The van der Waals surface area contributed by atoms with Gasteiger partial charge in [-0.25, -0.2) is 8.42 Å². The molecule has 0 spiro atoms. The van der Waals surface area contributed by atoms with Gasteiger partial charge in [-0.1, -0.05) is 24.4 Å². The van der Waals surface area contributed by atoms with E-state index in [9.17, 15) is 8.42 Å². The van der Waals surface area contributed by atoms with E-state index in [-0.39, 0.29) is 22.6 Å². The molecule has 0 radical (unpaired) electrons. The zero-order valence-corrected chi connectivity index (χ0v) is 10.8. The van der Waals surface area contributed by atoms with Crippen molar-refractivity contribution in [2.45, 2.75) is 12.5 Å². The molecular weight excluding hydrogens is 258 g/mol. The fourth-order valence-corrected chi connectivity index (χ4v) is 3.56. The molecule has 17 heavy (non-hydrogen) atoms. The summed E-state index contributed by atoms with van der Waals surface area (Å²) in [6.07, 6.45) is 0.226. The fraction of sp³-hybridized carbons (Fsp3) is 0.364. The van der Waals surface area contributed by atoms with Gasteiger partial charge in [-0.15, -0.1) is 0 Å². The summed E-state index contributed by atoms with van der Waals surface area (Å²) >= 11 is 4.92. The summed E-state index contributed by atoms with van der Waals surface area (Å²) < 4.78 is 28.3. The minimum absolute atomic E-state index is 0.0681. The van der Waals surface area contributed by atoms with Gasteiger partial charge in [0.05, 0.1) is 17.1 Å². The Kier molecular flexibility index (Phi) is 3.35. The number of thiocarbonyl (C=S) groups is 1. The van der Waals surface area contributed by atoms with E-state index in [0.29, 0.717) is 17.7 Å². The van der Waals surface area contributed by atoms with E-state index in [2.05, 4.69) is 0 Å². The molecule has 0 amide bonds. The second-order valence-corrected chi connectivity index (χ2v) is 6.67. The average molecular weight is 271 g/mol. The molecule has 1 atom stereocenters. The molecule has 1 fully saturated rings. The molecule has 2 N–H and O–H groups in total. The van der Waals surface area contributed by atoms with E-state index >= 15 is 0 Å². The predicted molar refractivity (Wildman–Crippen MR) is 70.0 cm³/mol. The molecular formula is C11H13NO3S2. The van der Waals surface area contributed by atoms with Gasteiger partial charge in [-0.05, 0) is 18.6 Å². The molecule has 0 aromatic heterocycles. The normalized spacial score (nSPS) is 22.2. The van der Waals surface area contributed by atoms with Crippen molar-refractivity contribution in [1.29, 1.82) is 0 Å². The maximum Gasteiger partial charge on any atom is 0.154 e. The molecule has 1 aliphatic rings. The fourth-order valence-electron chi connectivity index (χ4n) is 1.81. The summed E-state index contributed by atoms with van der Waals surface area (Å²) in [6, 6.07) is 7.13. The van der Waals surface area contributed by atoms with Crippen molar-refractivity contribution in [2.75, 3.05) is 11.5 Å². The topological polar surface area (TPSA) is 69.4 Å². The minimum Gasteiger partial charge on any atom is -0.489 e. The number of benzene rings is 1. The molecule has 1 unspecified atom stereocenters. The van der Waals surface area contributed by atoms with Crippen LogP contribution in [0.3, 0.4) is 0 Å². The smallest absolute Gasteiger partial charge is 0.154 e. The van der Waals surface area contributed by atoms with E-state index < -0.39 is 9.84 Å². The number of ether oxygens (including phenoxy) is 1. The van der Waals surface area contributed by atoms with Crippen LogP contribution in [0.5, 0.6) is 5.75 Å². The lowest BCUT2D eigenvalue weighted by Crippen LogP contribution is -2.20. The molecule has 1 heterocycles. The number of para-hydroxylation sites is 1.